The van der Waals surface area contributed by atoms with Gasteiger partial charge in [-0.25, -0.2) is 4.98 Å². The Bertz CT molecular complexity index is 493. The summed E-state index contributed by atoms with van der Waals surface area (Å²) >= 11 is 1.69. The number of hydrogen-bond donors (Lipinski definition) is 1. The van der Waals surface area contributed by atoms with E-state index in [-0.39, 0.29) is 6.04 Å². The van der Waals surface area contributed by atoms with Crippen LogP contribution in [0.2, 0.25) is 0 Å². The lowest BCUT2D eigenvalue weighted by Crippen LogP contribution is -2.19. The molecule has 1 unspecified atom stereocenters. The largest absolute Gasteiger partial charge is 0.303 e. The standard InChI is InChI=1S/C13H17N3S/c1-9-5-4-6-12(15-9)7-14-10(2)13-8-17-11(3)16-13/h4-6,8,10,14H,7H2,1-3H3. The fourth-order valence-electron chi connectivity index (χ4n) is 1.64. The Morgan fingerprint density at radius 1 is 1.29 bits per heavy atom. The molecule has 0 saturated carbocycles. The summed E-state index contributed by atoms with van der Waals surface area (Å²) in [5.41, 5.74) is 3.24. The second kappa shape index (κ2) is 5.38. The van der Waals surface area contributed by atoms with Crippen molar-refractivity contribution in [2.75, 3.05) is 0 Å². The first-order valence-electron chi connectivity index (χ1n) is 5.73. The first kappa shape index (κ1) is 12.2. The van der Waals surface area contributed by atoms with E-state index in [4.69, 9.17) is 0 Å². The molecule has 0 aromatic carbocycles. The summed E-state index contributed by atoms with van der Waals surface area (Å²) in [6.45, 7) is 6.95. The highest BCUT2D eigenvalue weighted by molar-refractivity contribution is 7.09. The zero-order valence-electron chi connectivity index (χ0n) is 10.4. The summed E-state index contributed by atoms with van der Waals surface area (Å²) in [6.07, 6.45) is 0. The fourth-order valence-corrected chi connectivity index (χ4v) is 2.35. The molecule has 0 saturated heterocycles. The van der Waals surface area contributed by atoms with Crippen molar-refractivity contribution in [3.63, 3.8) is 0 Å². The van der Waals surface area contributed by atoms with Crippen LogP contribution in [0.15, 0.2) is 23.6 Å². The van der Waals surface area contributed by atoms with E-state index in [0.717, 1.165) is 28.6 Å². The van der Waals surface area contributed by atoms with Crippen LogP contribution in [-0.4, -0.2) is 9.97 Å². The van der Waals surface area contributed by atoms with Crippen LogP contribution in [0.4, 0.5) is 0 Å². The van der Waals surface area contributed by atoms with Gasteiger partial charge in [0.25, 0.3) is 0 Å². The van der Waals surface area contributed by atoms with Gasteiger partial charge in [0.1, 0.15) is 0 Å². The minimum Gasteiger partial charge on any atom is -0.303 e. The predicted molar refractivity (Wildman–Crippen MR) is 71.1 cm³/mol. The van der Waals surface area contributed by atoms with Crippen molar-refractivity contribution in [2.45, 2.75) is 33.4 Å². The molecule has 0 spiro atoms. The maximum absolute atomic E-state index is 4.48. The third-order valence-corrected chi connectivity index (χ3v) is 3.41. The van der Waals surface area contributed by atoms with Gasteiger partial charge in [-0.15, -0.1) is 11.3 Å². The Morgan fingerprint density at radius 2 is 2.12 bits per heavy atom. The lowest BCUT2D eigenvalue weighted by molar-refractivity contribution is 0.556. The van der Waals surface area contributed by atoms with Crippen molar-refractivity contribution in [2.24, 2.45) is 0 Å². The quantitative estimate of drug-likeness (QED) is 0.902. The van der Waals surface area contributed by atoms with E-state index in [1.807, 2.05) is 32.0 Å². The molecular weight excluding hydrogens is 230 g/mol. The number of nitrogens with one attached hydrogen (secondary N) is 1. The first-order valence-corrected chi connectivity index (χ1v) is 6.61. The summed E-state index contributed by atoms with van der Waals surface area (Å²) in [4.78, 5) is 8.94. The molecule has 4 heteroatoms. The number of aromatic nitrogens is 2. The van der Waals surface area contributed by atoms with Crippen LogP contribution < -0.4 is 5.32 Å². The third kappa shape index (κ3) is 3.35. The average molecular weight is 247 g/mol. The average Bonchev–Trinajstić information content (AvgIpc) is 2.73. The molecule has 0 fully saturated rings. The van der Waals surface area contributed by atoms with Crippen LogP contribution in [0, 0.1) is 13.8 Å². The van der Waals surface area contributed by atoms with Crippen LogP contribution in [0.1, 0.15) is 35.1 Å². The highest BCUT2D eigenvalue weighted by Crippen LogP contribution is 2.15. The molecule has 0 aliphatic carbocycles. The molecule has 2 aromatic heterocycles. The Labute approximate surface area is 106 Å². The number of aryl methyl sites for hydroxylation is 2. The third-order valence-electron chi connectivity index (χ3n) is 2.62. The summed E-state index contributed by atoms with van der Waals surface area (Å²) in [6, 6.07) is 6.36. The van der Waals surface area contributed by atoms with E-state index in [2.05, 4.69) is 27.6 Å². The van der Waals surface area contributed by atoms with E-state index in [1.54, 1.807) is 11.3 Å². The molecule has 0 bridgehead atoms. The maximum atomic E-state index is 4.48. The van der Waals surface area contributed by atoms with Crippen LogP contribution in [-0.2, 0) is 6.54 Å². The fraction of sp³-hybridized carbons (Fsp3) is 0.385. The van der Waals surface area contributed by atoms with Gasteiger partial charge in [0, 0.05) is 23.7 Å². The van der Waals surface area contributed by atoms with E-state index < -0.39 is 0 Å². The summed E-state index contributed by atoms with van der Waals surface area (Å²) in [7, 11) is 0. The SMILES string of the molecule is Cc1cccc(CNC(C)c2csc(C)n2)n1. The number of rotatable bonds is 4. The highest BCUT2D eigenvalue weighted by Gasteiger charge is 2.08. The molecule has 90 valence electrons. The first-order chi connectivity index (χ1) is 8.15. The Balaban J connectivity index is 1.94. The van der Waals surface area contributed by atoms with Gasteiger partial charge in [-0.2, -0.15) is 0 Å². The van der Waals surface area contributed by atoms with Crippen LogP contribution in [0.25, 0.3) is 0 Å². The number of thiazole rings is 1. The van der Waals surface area contributed by atoms with E-state index in [9.17, 15) is 0 Å². The molecule has 3 nitrogen and oxygen atoms in total. The van der Waals surface area contributed by atoms with Gasteiger partial charge in [0.05, 0.1) is 16.4 Å². The van der Waals surface area contributed by atoms with Crippen molar-refractivity contribution in [3.8, 4) is 0 Å². The number of nitrogens with zero attached hydrogens (tertiary/aromatic N) is 2. The molecule has 2 heterocycles. The number of pyridine rings is 1. The van der Waals surface area contributed by atoms with Gasteiger partial charge >= 0.3 is 0 Å². The zero-order valence-corrected chi connectivity index (χ0v) is 11.2. The molecule has 0 amide bonds. The molecule has 17 heavy (non-hydrogen) atoms. The van der Waals surface area contributed by atoms with Gasteiger partial charge < -0.3 is 5.32 Å². The zero-order chi connectivity index (χ0) is 12.3. The van der Waals surface area contributed by atoms with Gasteiger partial charge in [-0.1, -0.05) is 6.07 Å². The van der Waals surface area contributed by atoms with Crippen LogP contribution in [0.3, 0.4) is 0 Å². The Morgan fingerprint density at radius 3 is 2.76 bits per heavy atom. The summed E-state index contributed by atoms with van der Waals surface area (Å²) < 4.78 is 0. The molecule has 0 aliphatic rings. The van der Waals surface area contributed by atoms with E-state index in [0.29, 0.717) is 0 Å². The van der Waals surface area contributed by atoms with E-state index >= 15 is 0 Å². The van der Waals surface area contributed by atoms with Gasteiger partial charge in [-0.3, -0.25) is 4.98 Å². The monoisotopic (exact) mass is 247 g/mol. The summed E-state index contributed by atoms with van der Waals surface area (Å²) in [5.74, 6) is 0. The van der Waals surface area contributed by atoms with Crippen LogP contribution >= 0.6 is 11.3 Å². The van der Waals surface area contributed by atoms with Crippen molar-refractivity contribution in [3.05, 3.63) is 45.7 Å². The number of hydrogen-bond acceptors (Lipinski definition) is 4. The Hall–Kier alpha value is -1.26. The van der Waals surface area contributed by atoms with E-state index in [1.165, 1.54) is 0 Å². The van der Waals surface area contributed by atoms with Gasteiger partial charge in [0.15, 0.2) is 0 Å². The topological polar surface area (TPSA) is 37.8 Å². The Kier molecular flexibility index (Phi) is 3.86. The second-order valence-electron chi connectivity index (χ2n) is 4.16. The maximum Gasteiger partial charge on any atom is 0.0898 e. The molecule has 0 aliphatic heterocycles. The second-order valence-corrected chi connectivity index (χ2v) is 5.23. The lowest BCUT2D eigenvalue weighted by atomic mass is 10.2. The van der Waals surface area contributed by atoms with Crippen molar-refractivity contribution in [1.29, 1.82) is 0 Å². The molecule has 1 atom stereocenters. The van der Waals surface area contributed by atoms with Crippen molar-refractivity contribution < 1.29 is 0 Å². The van der Waals surface area contributed by atoms with Crippen molar-refractivity contribution in [1.82, 2.24) is 15.3 Å². The molecule has 1 N–H and O–H groups in total. The molecule has 2 rings (SSSR count). The summed E-state index contributed by atoms with van der Waals surface area (Å²) in [5, 5.41) is 6.66. The normalized spacial score (nSPS) is 12.6. The van der Waals surface area contributed by atoms with Gasteiger partial charge in [-0.05, 0) is 32.9 Å². The van der Waals surface area contributed by atoms with Gasteiger partial charge in [0.2, 0.25) is 0 Å². The predicted octanol–water partition coefficient (Wildman–Crippen LogP) is 3.01. The highest BCUT2D eigenvalue weighted by atomic mass is 32.1. The van der Waals surface area contributed by atoms with Crippen LogP contribution in [0.5, 0.6) is 0 Å². The molecule has 0 radical (unpaired) electrons. The van der Waals surface area contributed by atoms with Crippen molar-refractivity contribution >= 4 is 11.3 Å². The molecular formula is C13H17N3S. The molecule has 2 aromatic rings. The minimum absolute atomic E-state index is 0.266. The lowest BCUT2D eigenvalue weighted by Gasteiger charge is -2.11. The minimum atomic E-state index is 0.266. The smallest absolute Gasteiger partial charge is 0.0898 e.